The average Bonchev–Trinajstić information content (AvgIpc) is 2.29. The molecular formula is C13H19F2NO. The topological polar surface area (TPSA) is 12.5 Å². The summed E-state index contributed by atoms with van der Waals surface area (Å²) in [6, 6.07) is 3.74. The first-order valence-electron chi connectivity index (χ1n) is 6.03. The zero-order valence-electron chi connectivity index (χ0n) is 10.5. The fourth-order valence-corrected chi connectivity index (χ4v) is 1.62. The van der Waals surface area contributed by atoms with Gasteiger partial charge in [0.05, 0.1) is 0 Å². The molecule has 0 bridgehead atoms. The van der Waals surface area contributed by atoms with Crippen LogP contribution in [-0.4, -0.2) is 30.6 Å². The summed E-state index contributed by atoms with van der Waals surface area (Å²) < 4.78 is 31.6. The van der Waals surface area contributed by atoms with Crippen molar-refractivity contribution < 1.29 is 13.5 Å². The molecule has 1 fully saturated rings. The van der Waals surface area contributed by atoms with Crippen LogP contribution >= 0.6 is 0 Å². The molecule has 0 amide bonds. The number of halogens is 2. The van der Waals surface area contributed by atoms with E-state index in [1.54, 1.807) is 0 Å². The highest BCUT2D eigenvalue weighted by atomic mass is 19.1. The van der Waals surface area contributed by atoms with Crippen LogP contribution < -0.4 is 4.74 Å². The van der Waals surface area contributed by atoms with Gasteiger partial charge in [-0.05, 0) is 18.7 Å². The molecule has 1 aliphatic heterocycles. The lowest BCUT2D eigenvalue weighted by atomic mass is 10.1. The van der Waals surface area contributed by atoms with E-state index >= 15 is 0 Å². The zero-order valence-corrected chi connectivity index (χ0v) is 10.5. The van der Waals surface area contributed by atoms with Crippen LogP contribution in [-0.2, 0) is 0 Å². The normalized spacial score (nSPS) is 15.8. The van der Waals surface area contributed by atoms with Crippen LogP contribution in [0.3, 0.4) is 0 Å². The molecule has 2 rings (SSSR count). The summed E-state index contributed by atoms with van der Waals surface area (Å²) in [5.74, 6) is -1.52. The van der Waals surface area contributed by atoms with E-state index in [9.17, 15) is 8.78 Å². The number of benzene rings is 1. The van der Waals surface area contributed by atoms with E-state index in [0.717, 1.165) is 19.6 Å². The lowest BCUT2D eigenvalue weighted by Gasteiger charge is -2.38. The van der Waals surface area contributed by atoms with Crippen LogP contribution in [0, 0.1) is 11.6 Å². The van der Waals surface area contributed by atoms with Crippen LogP contribution in [0.25, 0.3) is 0 Å². The maximum atomic E-state index is 13.2. The number of likely N-dealkylation sites (N-methyl/N-ethyl adjacent to an activating group) is 1. The number of para-hydroxylation sites is 1. The predicted octanol–water partition coefficient (Wildman–Crippen LogP) is 3.07. The summed E-state index contributed by atoms with van der Waals surface area (Å²) in [5, 5.41) is 0. The van der Waals surface area contributed by atoms with Crippen molar-refractivity contribution in [3.05, 3.63) is 29.8 Å². The van der Waals surface area contributed by atoms with E-state index in [2.05, 4.69) is 4.90 Å². The molecule has 1 heterocycles. The molecule has 0 unspecified atom stereocenters. The number of rotatable bonds is 3. The van der Waals surface area contributed by atoms with E-state index in [0.29, 0.717) is 0 Å². The van der Waals surface area contributed by atoms with Gasteiger partial charge in [0.25, 0.3) is 0 Å². The average molecular weight is 243 g/mol. The maximum absolute atomic E-state index is 13.2. The number of hydrogen-bond donors (Lipinski definition) is 0. The van der Waals surface area contributed by atoms with Crippen molar-refractivity contribution in [1.82, 2.24) is 4.90 Å². The number of hydrogen-bond acceptors (Lipinski definition) is 2. The molecular weight excluding hydrogens is 224 g/mol. The van der Waals surface area contributed by atoms with Gasteiger partial charge >= 0.3 is 0 Å². The second-order valence-electron chi connectivity index (χ2n) is 3.64. The molecule has 0 atom stereocenters. The largest absolute Gasteiger partial charge is 0.482 e. The fraction of sp³-hybridized carbons (Fsp3) is 0.538. The van der Waals surface area contributed by atoms with Gasteiger partial charge in [-0.3, -0.25) is 4.90 Å². The van der Waals surface area contributed by atoms with E-state index in [4.69, 9.17) is 4.74 Å². The smallest absolute Gasteiger partial charge is 0.191 e. The lowest BCUT2D eigenvalue weighted by molar-refractivity contribution is 0.0188. The van der Waals surface area contributed by atoms with E-state index < -0.39 is 11.6 Å². The van der Waals surface area contributed by atoms with Gasteiger partial charge in [-0.1, -0.05) is 26.8 Å². The van der Waals surface area contributed by atoms with Gasteiger partial charge in [-0.15, -0.1) is 0 Å². The molecule has 0 spiro atoms. The first-order chi connectivity index (χ1) is 8.20. The Morgan fingerprint density at radius 3 is 2.24 bits per heavy atom. The monoisotopic (exact) mass is 243 g/mol. The van der Waals surface area contributed by atoms with Crippen molar-refractivity contribution in [3.8, 4) is 5.75 Å². The van der Waals surface area contributed by atoms with Gasteiger partial charge in [0.2, 0.25) is 0 Å². The van der Waals surface area contributed by atoms with Crippen LogP contribution in [0.1, 0.15) is 20.8 Å². The second-order valence-corrected chi connectivity index (χ2v) is 3.64. The highest BCUT2D eigenvalue weighted by Gasteiger charge is 2.28. The molecule has 4 heteroatoms. The third-order valence-corrected chi connectivity index (χ3v) is 2.57. The molecule has 96 valence electrons. The number of likely N-dealkylation sites (tertiary alicyclic amines) is 1. The van der Waals surface area contributed by atoms with Crippen molar-refractivity contribution in [1.29, 1.82) is 0 Å². The zero-order chi connectivity index (χ0) is 12.8. The Bertz CT molecular complexity index is 331. The Morgan fingerprint density at radius 1 is 1.24 bits per heavy atom. The van der Waals surface area contributed by atoms with Crippen LogP contribution in [0.4, 0.5) is 8.78 Å². The van der Waals surface area contributed by atoms with Gasteiger partial charge in [0.1, 0.15) is 6.10 Å². The Morgan fingerprint density at radius 2 is 1.76 bits per heavy atom. The molecule has 0 aromatic heterocycles. The van der Waals surface area contributed by atoms with Gasteiger partial charge < -0.3 is 4.74 Å². The molecule has 1 aromatic rings. The summed E-state index contributed by atoms with van der Waals surface area (Å²) in [4.78, 5) is 2.14. The van der Waals surface area contributed by atoms with Crippen molar-refractivity contribution in [2.45, 2.75) is 26.9 Å². The molecule has 1 aliphatic rings. The highest BCUT2D eigenvalue weighted by molar-refractivity contribution is 5.26. The molecule has 0 aliphatic carbocycles. The maximum Gasteiger partial charge on any atom is 0.191 e. The Kier molecular flexibility index (Phi) is 5.35. The Balaban J connectivity index is 0.000000686. The van der Waals surface area contributed by atoms with Crippen molar-refractivity contribution in [2.24, 2.45) is 0 Å². The van der Waals surface area contributed by atoms with Crippen LogP contribution in [0.2, 0.25) is 0 Å². The third kappa shape index (κ3) is 3.40. The SMILES string of the molecule is CC.CCN1CC(Oc2c(F)cccc2F)C1. The minimum Gasteiger partial charge on any atom is -0.482 e. The lowest BCUT2D eigenvalue weighted by Crippen LogP contribution is -2.53. The standard InChI is InChI=1S/C11H13F2NO.C2H6/c1-2-14-6-8(7-14)15-11-9(12)4-3-5-10(11)13;1-2/h3-5,8H,2,6-7H2,1H3;1-2H3. The minimum atomic E-state index is -0.634. The Hall–Kier alpha value is -1.16. The summed E-state index contributed by atoms with van der Waals surface area (Å²) in [7, 11) is 0. The summed E-state index contributed by atoms with van der Waals surface area (Å²) in [5.41, 5.74) is 0. The fourth-order valence-electron chi connectivity index (χ4n) is 1.62. The predicted molar refractivity (Wildman–Crippen MR) is 64.2 cm³/mol. The van der Waals surface area contributed by atoms with Crippen molar-refractivity contribution in [2.75, 3.05) is 19.6 Å². The van der Waals surface area contributed by atoms with E-state index in [-0.39, 0.29) is 11.9 Å². The highest BCUT2D eigenvalue weighted by Crippen LogP contribution is 2.24. The molecule has 1 saturated heterocycles. The molecule has 0 N–H and O–H groups in total. The van der Waals surface area contributed by atoms with Crippen molar-refractivity contribution >= 4 is 0 Å². The molecule has 1 aromatic carbocycles. The van der Waals surface area contributed by atoms with E-state index in [1.807, 2.05) is 20.8 Å². The first-order valence-corrected chi connectivity index (χ1v) is 6.03. The van der Waals surface area contributed by atoms with Gasteiger partial charge in [-0.2, -0.15) is 0 Å². The summed E-state index contributed by atoms with van der Waals surface area (Å²) in [6.45, 7) is 8.47. The van der Waals surface area contributed by atoms with E-state index in [1.165, 1.54) is 18.2 Å². The molecule has 0 radical (unpaired) electrons. The van der Waals surface area contributed by atoms with Gasteiger partial charge in [-0.25, -0.2) is 8.78 Å². The van der Waals surface area contributed by atoms with Gasteiger partial charge in [0.15, 0.2) is 17.4 Å². The first kappa shape index (κ1) is 13.9. The second kappa shape index (κ2) is 6.55. The van der Waals surface area contributed by atoms with Crippen LogP contribution in [0.5, 0.6) is 5.75 Å². The number of ether oxygens (including phenoxy) is 1. The Labute approximate surface area is 101 Å². The third-order valence-electron chi connectivity index (χ3n) is 2.57. The van der Waals surface area contributed by atoms with Crippen molar-refractivity contribution in [3.63, 3.8) is 0 Å². The van der Waals surface area contributed by atoms with Crippen LogP contribution in [0.15, 0.2) is 18.2 Å². The molecule has 2 nitrogen and oxygen atoms in total. The quantitative estimate of drug-likeness (QED) is 0.809. The molecule has 17 heavy (non-hydrogen) atoms. The van der Waals surface area contributed by atoms with Gasteiger partial charge in [0, 0.05) is 13.1 Å². The summed E-state index contributed by atoms with van der Waals surface area (Å²) in [6.07, 6.45) is -0.0867. The number of nitrogens with zero attached hydrogens (tertiary/aromatic N) is 1. The summed E-state index contributed by atoms with van der Waals surface area (Å²) >= 11 is 0. The minimum absolute atomic E-state index is 0.0867. The molecule has 0 saturated carbocycles.